The first kappa shape index (κ1) is 24.2. The predicted octanol–water partition coefficient (Wildman–Crippen LogP) is 10.7. The maximum absolute atomic E-state index is 2.35. The highest BCUT2D eigenvalue weighted by Gasteiger charge is 2.14. The van der Waals surface area contributed by atoms with E-state index in [1.807, 2.05) is 6.07 Å². The Kier molecular flexibility index (Phi) is 7.14. The second-order valence-electron chi connectivity index (χ2n) is 9.51. The molecule has 0 N–H and O–H groups in total. The Hall–Kier alpha value is -5.14. The van der Waals surface area contributed by atoms with Crippen molar-refractivity contribution in [1.82, 2.24) is 0 Å². The largest absolute Gasteiger partial charge is 0.310 e. The molecule has 1 nitrogen and oxygen atoms in total. The van der Waals surface area contributed by atoms with E-state index in [4.69, 9.17) is 0 Å². The van der Waals surface area contributed by atoms with Crippen molar-refractivity contribution in [3.05, 3.63) is 175 Å². The average Bonchev–Trinajstić information content (AvgIpc) is 3.02. The van der Waals surface area contributed by atoms with Crippen LogP contribution in [0.2, 0.25) is 0 Å². The minimum Gasteiger partial charge on any atom is -0.310 e. The average molecular weight is 500 g/mol. The molecule has 0 atom stereocenters. The molecule has 1 heteroatoms. The van der Waals surface area contributed by atoms with Crippen LogP contribution in [0.4, 0.5) is 17.1 Å². The molecule has 0 bridgehead atoms. The van der Waals surface area contributed by atoms with Crippen molar-refractivity contribution in [2.75, 3.05) is 4.90 Å². The Morgan fingerprint density at radius 1 is 0.308 bits per heavy atom. The molecule has 186 valence electrons. The van der Waals surface area contributed by atoms with Crippen molar-refractivity contribution in [2.24, 2.45) is 0 Å². The third-order valence-corrected chi connectivity index (χ3v) is 6.82. The summed E-state index contributed by atoms with van der Waals surface area (Å²) in [5.74, 6) is 0. The Labute approximate surface area is 231 Å². The molecule has 6 aromatic carbocycles. The predicted molar refractivity (Wildman–Crippen MR) is 167 cm³/mol. The first-order valence-electron chi connectivity index (χ1n) is 13.3. The number of hydrogen-bond donors (Lipinski definition) is 0. The maximum Gasteiger partial charge on any atom is 0.0467 e. The maximum atomic E-state index is 2.35. The molecular formula is C38H29N. The minimum atomic E-state index is 1.11. The fraction of sp³-hybridized carbons (Fsp3) is 0. The van der Waals surface area contributed by atoms with Crippen LogP contribution in [0.15, 0.2) is 164 Å². The topological polar surface area (TPSA) is 3.24 Å². The first-order valence-corrected chi connectivity index (χ1v) is 13.3. The van der Waals surface area contributed by atoms with E-state index in [2.05, 4.69) is 175 Å². The summed E-state index contributed by atoms with van der Waals surface area (Å²) in [4.78, 5) is 2.35. The third kappa shape index (κ3) is 5.74. The molecular weight excluding hydrogens is 470 g/mol. The summed E-state index contributed by atoms with van der Waals surface area (Å²) in [6.07, 6.45) is 4.34. The molecule has 0 aromatic heterocycles. The molecule has 39 heavy (non-hydrogen) atoms. The molecule has 0 heterocycles. The normalized spacial score (nSPS) is 11.0. The van der Waals surface area contributed by atoms with Gasteiger partial charge in [-0.25, -0.2) is 0 Å². The van der Waals surface area contributed by atoms with E-state index in [9.17, 15) is 0 Å². The van der Waals surface area contributed by atoms with Gasteiger partial charge in [0, 0.05) is 17.1 Å². The lowest BCUT2D eigenvalue weighted by molar-refractivity contribution is 1.28. The van der Waals surface area contributed by atoms with Crippen molar-refractivity contribution in [3.63, 3.8) is 0 Å². The lowest BCUT2D eigenvalue weighted by Gasteiger charge is -2.27. The lowest BCUT2D eigenvalue weighted by Crippen LogP contribution is -2.10. The van der Waals surface area contributed by atoms with Crippen molar-refractivity contribution in [2.45, 2.75) is 0 Å². The van der Waals surface area contributed by atoms with Crippen molar-refractivity contribution < 1.29 is 0 Å². The van der Waals surface area contributed by atoms with Crippen LogP contribution < -0.4 is 4.90 Å². The smallest absolute Gasteiger partial charge is 0.0467 e. The molecule has 0 radical (unpaired) electrons. The molecule has 0 aliphatic heterocycles. The van der Waals surface area contributed by atoms with Gasteiger partial charge in [-0.2, -0.15) is 0 Å². The summed E-state index contributed by atoms with van der Waals surface area (Å²) in [6.45, 7) is 0. The van der Waals surface area contributed by atoms with E-state index in [-0.39, 0.29) is 0 Å². The Morgan fingerprint density at radius 3 is 1.23 bits per heavy atom. The van der Waals surface area contributed by atoms with Crippen LogP contribution in [0.1, 0.15) is 11.1 Å². The fourth-order valence-electron chi connectivity index (χ4n) is 4.88. The Balaban J connectivity index is 1.45. The summed E-state index contributed by atoms with van der Waals surface area (Å²) in [6, 6.07) is 57.8. The minimum absolute atomic E-state index is 1.11. The number of rotatable bonds is 7. The van der Waals surface area contributed by atoms with Crippen LogP contribution in [0.25, 0.3) is 34.4 Å². The van der Waals surface area contributed by atoms with Gasteiger partial charge in [0.15, 0.2) is 0 Å². The molecule has 0 fully saturated rings. The molecule has 6 rings (SSSR count). The zero-order valence-electron chi connectivity index (χ0n) is 21.7. The Morgan fingerprint density at radius 2 is 0.692 bits per heavy atom. The third-order valence-electron chi connectivity index (χ3n) is 6.82. The van der Waals surface area contributed by atoms with Gasteiger partial charge in [-0.15, -0.1) is 0 Å². The molecule has 6 aromatic rings. The van der Waals surface area contributed by atoms with Gasteiger partial charge in [0.05, 0.1) is 0 Å². The van der Waals surface area contributed by atoms with Crippen LogP contribution in [0.5, 0.6) is 0 Å². The van der Waals surface area contributed by atoms with Gasteiger partial charge < -0.3 is 4.90 Å². The number of nitrogens with zero attached hydrogens (tertiary/aromatic N) is 1. The SMILES string of the molecule is C(=Cc1cccc(N(c2cccc(-c3ccccc3)c2)c2cccc(-c3ccccc3)c2)c1)c1ccccc1. The van der Waals surface area contributed by atoms with Crippen molar-refractivity contribution in [3.8, 4) is 22.3 Å². The van der Waals surface area contributed by atoms with Gasteiger partial charge in [-0.05, 0) is 69.8 Å². The van der Waals surface area contributed by atoms with E-state index >= 15 is 0 Å². The molecule has 0 aliphatic carbocycles. The fourth-order valence-corrected chi connectivity index (χ4v) is 4.88. The highest BCUT2D eigenvalue weighted by Crippen LogP contribution is 2.38. The number of anilines is 3. The summed E-state index contributed by atoms with van der Waals surface area (Å²) in [5, 5.41) is 0. The summed E-state index contributed by atoms with van der Waals surface area (Å²) in [7, 11) is 0. The van der Waals surface area contributed by atoms with Crippen LogP contribution >= 0.6 is 0 Å². The standard InChI is InChI=1S/C38H29N/c1-4-13-30(14-5-1)25-26-31-15-10-22-36(27-31)39(37-23-11-20-34(28-37)32-16-6-2-7-17-32)38-24-12-21-35(29-38)33-18-8-3-9-19-33/h1-29H. The highest BCUT2D eigenvalue weighted by atomic mass is 15.1. The van der Waals surface area contributed by atoms with E-state index in [1.54, 1.807) is 0 Å². The first-order chi connectivity index (χ1) is 19.3. The van der Waals surface area contributed by atoms with Gasteiger partial charge in [-0.1, -0.05) is 140 Å². The monoisotopic (exact) mass is 499 g/mol. The number of benzene rings is 6. The summed E-state index contributed by atoms with van der Waals surface area (Å²) in [5.41, 5.74) is 10.5. The van der Waals surface area contributed by atoms with E-state index < -0.39 is 0 Å². The molecule has 0 spiro atoms. The van der Waals surface area contributed by atoms with Crippen LogP contribution in [0.3, 0.4) is 0 Å². The summed E-state index contributed by atoms with van der Waals surface area (Å²) >= 11 is 0. The number of hydrogen-bond acceptors (Lipinski definition) is 1. The van der Waals surface area contributed by atoms with E-state index in [1.165, 1.54) is 27.8 Å². The van der Waals surface area contributed by atoms with E-state index in [0.717, 1.165) is 22.6 Å². The van der Waals surface area contributed by atoms with Gasteiger partial charge >= 0.3 is 0 Å². The molecule has 0 saturated carbocycles. The van der Waals surface area contributed by atoms with Crippen molar-refractivity contribution in [1.29, 1.82) is 0 Å². The molecule has 0 aliphatic rings. The summed E-state index contributed by atoms with van der Waals surface area (Å²) < 4.78 is 0. The molecule has 0 amide bonds. The van der Waals surface area contributed by atoms with Crippen LogP contribution in [-0.4, -0.2) is 0 Å². The zero-order chi connectivity index (χ0) is 26.3. The van der Waals surface area contributed by atoms with Crippen molar-refractivity contribution >= 4 is 29.2 Å². The van der Waals surface area contributed by atoms with Gasteiger partial charge in [-0.3, -0.25) is 0 Å². The molecule has 0 unspecified atom stereocenters. The van der Waals surface area contributed by atoms with Gasteiger partial charge in [0.25, 0.3) is 0 Å². The van der Waals surface area contributed by atoms with E-state index in [0.29, 0.717) is 0 Å². The van der Waals surface area contributed by atoms with Crippen LogP contribution in [0, 0.1) is 0 Å². The second kappa shape index (κ2) is 11.5. The Bertz CT molecular complexity index is 1600. The van der Waals surface area contributed by atoms with Crippen LogP contribution in [-0.2, 0) is 0 Å². The van der Waals surface area contributed by atoms with Gasteiger partial charge in [0.1, 0.15) is 0 Å². The zero-order valence-corrected chi connectivity index (χ0v) is 21.7. The molecule has 0 saturated heterocycles. The lowest BCUT2D eigenvalue weighted by atomic mass is 10.0. The van der Waals surface area contributed by atoms with Gasteiger partial charge in [0.2, 0.25) is 0 Å². The quantitative estimate of drug-likeness (QED) is 0.197. The highest BCUT2D eigenvalue weighted by molar-refractivity contribution is 5.83. The second-order valence-corrected chi connectivity index (χ2v) is 9.51.